The van der Waals surface area contributed by atoms with Crippen molar-refractivity contribution in [2.75, 3.05) is 37.6 Å². The first-order valence-corrected chi connectivity index (χ1v) is 9.64. The lowest BCUT2D eigenvalue weighted by Gasteiger charge is -2.34. The van der Waals surface area contributed by atoms with E-state index in [2.05, 4.69) is 46.3 Å². The standard InChI is InChI=1S/C20H31N3O/c1-2-22-14-6-5-12-19(22)20(24)21-13-8-16-23-15-7-10-17-9-3-4-11-18(17)23/h3-4,9,11,19H,2,5-8,10,12-16H2,1H3,(H,21,24). The lowest BCUT2D eigenvalue weighted by molar-refractivity contribution is -0.127. The molecule has 1 amide bonds. The van der Waals surface area contributed by atoms with E-state index in [1.54, 1.807) is 0 Å². The number of carbonyl (C=O) groups excluding carboxylic acids is 1. The fraction of sp³-hybridized carbons (Fsp3) is 0.650. The summed E-state index contributed by atoms with van der Waals surface area (Å²) in [6.07, 6.45) is 6.86. The lowest BCUT2D eigenvalue weighted by atomic mass is 10.0. The molecule has 3 rings (SSSR count). The summed E-state index contributed by atoms with van der Waals surface area (Å²) < 4.78 is 0. The monoisotopic (exact) mass is 329 g/mol. The normalized spacial score (nSPS) is 21.4. The van der Waals surface area contributed by atoms with E-state index in [-0.39, 0.29) is 11.9 Å². The summed E-state index contributed by atoms with van der Waals surface area (Å²) in [4.78, 5) is 17.2. The molecule has 2 heterocycles. The highest BCUT2D eigenvalue weighted by atomic mass is 16.2. The summed E-state index contributed by atoms with van der Waals surface area (Å²) in [6.45, 7) is 7.14. The van der Waals surface area contributed by atoms with Crippen LogP contribution in [-0.2, 0) is 11.2 Å². The Labute approximate surface area is 146 Å². The molecule has 4 heteroatoms. The Hall–Kier alpha value is -1.55. The summed E-state index contributed by atoms with van der Waals surface area (Å²) in [5, 5.41) is 3.17. The smallest absolute Gasteiger partial charge is 0.237 e. The van der Waals surface area contributed by atoms with Gasteiger partial charge in [0.2, 0.25) is 5.91 Å². The topological polar surface area (TPSA) is 35.6 Å². The van der Waals surface area contributed by atoms with E-state index in [0.717, 1.165) is 45.6 Å². The quantitative estimate of drug-likeness (QED) is 0.815. The number of piperidine rings is 1. The van der Waals surface area contributed by atoms with Crippen molar-refractivity contribution in [3.8, 4) is 0 Å². The predicted octanol–water partition coefficient (Wildman–Crippen LogP) is 2.82. The number of hydrogen-bond acceptors (Lipinski definition) is 3. The van der Waals surface area contributed by atoms with Gasteiger partial charge in [-0.15, -0.1) is 0 Å². The Kier molecular flexibility index (Phi) is 6.13. The van der Waals surface area contributed by atoms with Crippen LogP contribution in [-0.4, -0.2) is 49.6 Å². The molecule has 1 unspecified atom stereocenters. The SMILES string of the molecule is CCN1CCCCC1C(=O)NCCCN1CCCc2ccccc21. The number of carbonyl (C=O) groups is 1. The maximum atomic E-state index is 12.5. The van der Waals surface area contributed by atoms with Gasteiger partial charge in [0.05, 0.1) is 6.04 Å². The van der Waals surface area contributed by atoms with Gasteiger partial charge in [-0.25, -0.2) is 0 Å². The third-order valence-corrected chi connectivity index (χ3v) is 5.43. The zero-order chi connectivity index (χ0) is 16.8. The third-order valence-electron chi connectivity index (χ3n) is 5.43. The van der Waals surface area contributed by atoms with E-state index in [9.17, 15) is 4.79 Å². The molecule has 4 nitrogen and oxygen atoms in total. The number of likely N-dealkylation sites (N-methyl/N-ethyl adjacent to an activating group) is 1. The second kappa shape index (κ2) is 8.52. The number of benzene rings is 1. The van der Waals surface area contributed by atoms with Crippen LogP contribution in [0.5, 0.6) is 0 Å². The molecule has 1 atom stereocenters. The molecule has 2 aliphatic rings. The minimum atomic E-state index is 0.0967. The molecule has 0 aromatic heterocycles. The fourth-order valence-electron chi connectivity index (χ4n) is 4.11. The van der Waals surface area contributed by atoms with E-state index in [0.29, 0.717) is 0 Å². The third kappa shape index (κ3) is 4.10. The number of para-hydroxylation sites is 1. The van der Waals surface area contributed by atoms with Crippen molar-refractivity contribution in [1.82, 2.24) is 10.2 Å². The number of fused-ring (bicyclic) bond motifs is 1. The molecule has 132 valence electrons. The van der Waals surface area contributed by atoms with E-state index in [1.165, 1.54) is 36.9 Å². The van der Waals surface area contributed by atoms with Crippen LogP contribution in [0.1, 0.15) is 44.6 Å². The number of likely N-dealkylation sites (tertiary alicyclic amines) is 1. The van der Waals surface area contributed by atoms with Gasteiger partial charge in [0.1, 0.15) is 0 Å². The molecule has 1 saturated heterocycles. The summed E-state index contributed by atoms with van der Waals surface area (Å²) in [7, 11) is 0. The highest BCUT2D eigenvalue weighted by molar-refractivity contribution is 5.81. The second-order valence-electron chi connectivity index (χ2n) is 7.00. The van der Waals surface area contributed by atoms with Crippen LogP contribution in [0.3, 0.4) is 0 Å². The van der Waals surface area contributed by atoms with Gasteiger partial charge in [-0.3, -0.25) is 9.69 Å². The van der Waals surface area contributed by atoms with Crippen LogP contribution in [0.25, 0.3) is 0 Å². The van der Waals surface area contributed by atoms with Gasteiger partial charge >= 0.3 is 0 Å². The lowest BCUT2D eigenvalue weighted by Crippen LogP contribution is -2.49. The molecule has 0 radical (unpaired) electrons. The minimum Gasteiger partial charge on any atom is -0.371 e. The number of amides is 1. The molecular formula is C20H31N3O. The number of nitrogens with zero attached hydrogens (tertiary/aromatic N) is 2. The fourth-order valence-corrected chi connectivity index (χ4v) is 4.11. The number of aryl methyl sites for hydroxylation is 1. The Morgan fingerprint density at radius 2 is 2.08 bits per heavy atom. The van der Waals surface area contributed by atoms with Crippen LogP contribution >= 0.6 is 0 Å². The van der Waals surface area contributed by atoms with Crippen LogP contribution in [0, 0.1) is 0 Å². The first kappa shape index (κ1) is 17.3. The highest BCUT2D eigenvalue weighted by Crippen LogP contribution is 2.26. The molecule has 1 N–H and O–H groups in total. The van der Waals surface area contributed by atoms with Gasteiger partial charge < -0.3 is 10.2 Å². The summed E-state index contributed by atoms with van der Waals surface area (Å²) in [5.74, 6) is 0.232. The van der Waals surface area contributed by atoms with Gasteiger partial charge in [-0.2, -0.15) is 0 Å². The predicted molar refractivity (Wildman–Crippen MR) is 99.5 cm³/mol. The molecule has 2 aliphatic heterocycles. The number of nitrogens with one attached hydrogen (secondary N) is 1. The maximum Gasteiger partial charge on any atom is 0.237 e. The van der Waals surface area contributed by atoms with Crippen molar-refractivity contribution in [3.05, 3.63) is 29.8 Å². The van der Waals surface area contributed by atoms with Crippen LogP contribution in [0.4, 0.5) is 5.69 Å². The van der Waals surface area contributed by atoms with E-state index in [1.807, 2.05) is 0 Å². The molecule has 0 saturated carbocycles. The van der Waals surface area contributed by atoms with E-state index < -0.39 is 0 Å². The van der Waals surface area contributed by atoms with Crippen LogP contribution in [0.2, 0.25) is 0 Å². The van der Waals surface area contributed by atoms with Gasteiger partial charge in [0, 0.05) is 25.3 Å². The molecule has 0 bridgehead atoms. The molecule has 1 aromatic rings. The molecule has 0 spiro atoms. The highest BCUT2D eigenvalue weighted by Gasteiger charge is 2.27. The first-order valence-electron chi connectivity index (χ1n) is 9.64. The Morgan fingerprint density at radius 1 is 1.21 bits per heavy atom. The van der Waals surface area contributed by atoms with Crippen molar-refractivity contribution < 1.29 is 4.79 Å². The van der Waals surface area contributed by atoms with Gasteiger partial charge in [0.15, 0.2) is 0 Å². The van der Waals surface area contributed by atoms with Crippen molar-refractivity contribution in [2.45, 2.75) is 51.5 Å². The average Bonchev–Trinajstić information content (AvgIpc) is 2.65. The molecular weight excluding hydrogens is 298 g/mol. The summed E-state index contributed by atoms with van der Waals surface area (Å²) in [5.41, 5.74) is 2.85. The molecule has 0 aliphatic carbocycles. The first-order chi connectivity index (χ1) is 11.8. The molecule has 1 aromatic carbocycles. The number of anilines is 1. The van der Waals surface area contributed by atoms with Crippen LogP contribution in [0.15, 0.2) is 24.3 Å². The van der Waals surface area contributed by atoms with Gasteiger partial charge in [0.25, 0.3) is 0 Å². The van der Waals surface area contributed by atoms with Crippen molar-refractivity contribution in [3.63, 3.8) is 0 Å². The summed E-state index contributed by atoms with van der Waals surface area (Å²) in [6, 6.07) is 8.83. The Balaban J connectivity index is 1.43. The second-order valence-corrected chi connectivity index (χ2v) is 7.00. The maximum absolute atomic E-state index is 12.5. The van der Waals surface area contributed by atoms with Crippen LogP contribution < -0.4 is 10.2 Å². The van der Waals surface area contributed by atoms with Gasteiger partial charge in [-0.05, 0) is 56.8 Å². The van der Waals surface area contributed by atoms with Crippen molar-refractivity contribution in [2.24, 2.45) is 0 Å². The van der Waals surface area contributed by atoms with Crippen molar-refractivity contribution in [1.29, 1.82) is 0 Å². The Bertz CT molecular complexity index is 545. The van der Waals surface area contributed by atoms with Gasteiger partial charge in [-0.1, -0.05) is 31.5 Å². The Morgan fingerprint density at radius 3 is 2.96 bits per heavy atom. The molecule has 24 heavy (non-hydrogen) atoms. The molecule has 1 fully saturated rings. The number of hydrogen-bond donors (Lipinski definition) is 1. The van der Waals surface area contributed by atoms with E-state index >= 15 is 0 Å². The largest absolute Gasteiger partial charge is 0.371 e. The summed E-state index contributed by atoms with van der Waals surface area (Å²) >= 11 is 0. The number of rotatable bonds is 6. The zero-order valence-corrected chi connectivity index (χ0v) is 15.0. The van der Waals surface area contributed by atoms with E-state index in [4.69, 9.17) is 0 Å². The van der Waals surface area contributed by atoms with Crippen molar-refractivity contribution >= 4 is 11.6 Å². The zero-order valence-electron chi connectivity index (χ0n) is 15.0. The minimum absolute atomic E-state index is 0.0967. The average molecular weight is 329 g/mol.